The van der Waals surface area contributed by atoms with Gasteiger partial charge in [0.25, 0.3) is 0 Å². The highest BCUT2D eigenvalue weighted by molar-refractivity contribution is 5.67. The van der Waals surface area contributed by atoms with Gasteiger partial charge in [-0.05, 0) is 93.0 Å². The van der Waals surface area contributed by atoms with Crippen LogP contribution in [0.5, 0.6) is 0 Å². The summed E-state index contributed by atoms with van der Waals surface area (Å²) in [5.41, 5.74) is 2.33. The number of ether oxygens (including phenoxy) is 3. The van der Waals surface area contributed by atoms with Crippen LogP contribution < -0.4 is 0 Å². The van der Waals surface area contributed by atoms with E-state index in [2.05, 4.69) is 36.7 Å². The third-order valence-electron chi connectivity index (χ3n) is 8.90. The van der Waals surface area contributed by atoms with Crippen LogP contribution in [0.2, 0.25) is 0 Å². The van der Waals surface area contributed by atoms with Crippen molar-refractivity contribution < 1.29 is 19.0 Å². The molecular weight excluding hydrogens is 468 g/mol. The number of nitrogens with zero attached hydrogens (tertiary/aromatic N) is 4. The van der Waals surface area contributed by atoms with E-state index in [4.69, 9.17) is 19.3 Å². The van der Waals surface area contributed by atoms with E-state index in [1.165, 1.54) is 36.9 Å². The zero-order valence-electron chi connectivity index (χ0n) is 24.3. The van der Waals surface area contributed by atoms with Gasteiger partial charge in [-0.2, -0.15) is 5.10 Å². The van der Waals surface area contributed by atoms with Crippen molar-refractivity contribution in [3.05, 3.63) is 17.5 Å². The molecule has 1 aromatic rings. The Morgan fingerprint density at radius 3 is 2.43 bits per heavy atom. The molecule has 0 aromatic carbocycles. The van der Waals surface area contributed by atoms with Crippen molar-refractivity contribution >= 4 is 6.09 Å². The Labute approximate surface area is 224 Å². The Morgan fingerprint density at radius 1 is 1.11 bits per heavy atom. The van der Waals surface area contributed by atoms with Crippen molar-refractivity contribution in [1.29, 1.82) is 0 Å². The van der Waals surface area contributed by atoms with Crippen molar-refractivity contribution in [2.45, 2.75) is 116 Å². The van der Waals surface area contributed by atoms with Gasteiger partial charge in [0.05, 0.1) is 11.3 Å². The highest BCUT2D eigenvalue weighted by atomic mass is 16.6. The molecule has 3 heterocycles. The number of hydrogen-bond acceptors (Lipinski definition) is 6. The van der Waals surface area contributed by atoms with E-state index in [1.807, 2.05) is 20.8 Å². The van der Waals surface area contributed by atoms with Crippen molar-refractivity contribution in [2.75, 3.05) is 40.4 Å². The number of carbonyl (C=O) groups excluding carboxylic acids is 1. The lowest BCUT2D eigenvalue weighted by Crippen LogP contribution is -2.42. The van der Waals surface area contributed by atoms with Gasteiger partial charge in [0.1, 0.15) is 11.8 Å². The second-order valence-corrected chi connectivity index (χ2v) is 13.1. The normalized spacial score (nSPS) is 28.1. The van der Waals surface area contributed by atoms with Crippen LogP contribution in [0, 0.1) is 5.41 Å². The predicted octanol–water partition coefficient (Wildman–Crippen LogP) is 5.72. The zero-order valence-corrected chi connectivity index (χ0v) is 24.3. The third-order valence-corrected chi connectivity index (χ3v) is 8.90. The van der Waals surface area contributed by atoms with Crippen LogP contribution in [0.4, 0.5) is 4.79 Å². The van der Waals surface area contributed by atoms with Gasteiger partial charge >= 0.3 is 6.09 Å². The summed E-state index contributed by atoms with van der Waals surface area (Å²) in [7, 11) is 3.92. The maximum absolute atomic E-state index is 12.4. The summed E-state index contributed by atoms with van der Waals surface area (Å²) in [6.45, 7) is 14.1. The van der Waals surface area contributed by atoms with E-state index in [0.29, 0.717) is 17.9 Å². The largest absolute Gasteiger partial charge is 0.444 e. The molecule has 0 unspecified atom stereocenters. The van der Waals surface area contributed by atoms with E-state index >= 15 is 0 Å². The summed E-state index contributed by atoms with van der Waals surface area (Å²) in [5.74, 6) is 0.472. The fraction of sp³-hybridized carbons (Fsp3) is 0.862. The Bertz CT molecular complexity index is 907. The topological polar surface area (TPSA) is 69.1 Å². The van der Waals surface area contributed by atoms with E-state index in [0.717, 1.165) is 52.0 Å². The molecule has 1 spiro atoms. The number of hydrogen-bond donors (Lipinski definition) is 0. The maximum atomic E-state index is 12.4. The first kappa shape index (κ1) is 28.4. The van der Waals surface area contributed by atoms with E-state index in [9.17, 15) is 4.79 Å². The van der Waals surface area contributed by atoms with Crippen molar-refractivity contribution in [2.24, 2.45) is 5.41 Å². The molecule has 2 aliphatic heterocycles. The minimum absolute atomic E-state index is 0.0313. The smallest absolute Gasteiger partial charge is 0.410 e. The average Bonchev–Trinajstić information content (AvgIpc) is 3.38. The predicted molar refractivity (Wildman–Crippen MR) is 145 cm³/mol. The lowest BCUT2D eigenvalue weighted by molar-refractivity contribution is -0.0514. The number of aromatic nitrogens is 2. The molecule has 1 aliphatic carbocycles. The third kappa shape index (κ3) is 6.69. The van der Waals surface area contributed by atoms with Gasteiger partial charge in [-0.1, -0.05) is 0 Å². The molecule has 1 aromatic heterocycles. The second-order valence-electron chi connectivity index (χ2n) is 13.1. The monoisotopic (exact) mass is 518 g/mol. The van der Waals surface area contributed by atoms with Gasteiger partial charge in [0, 0.05) is 63.0 Å². The van der Waals surface area contributed by atoms with Crippen LogP contribution >= 0.6 is 0 Å². The molecule has 3 aliphatic rings. The van der Waals surface area contributed by atoms with Crippen LogP contribution in [-0.4, -0.2) is 77.3 Å². The number of carbonyl (C=O) groups is 1. The van der Waals surface area contributed by atoms with Crippen LogP contribution in [0.1, 0.15) is 109 Å². The van der Waals surface area contributed by atoms with E-state index in [1.54, 1.807) is 11.9 Å². The number of rotatable bonds is 7. The second kappa shape index (κ2) is 11.2. The fourth-order valence-electron chi connectivity index (χ4n) is 6.36. The molecule has 0 N–H and O–H groups in total. The van der Waals surface area contributed by atoms with Gasteiger partial charge in [-0.15, -0.1) is 0 Å². The SMILES string of the molecule is CN(CCN(C)C(=O)OC(C)(C)C)Cc1cn([C@H]2CCCCO2)nc1C1CCC2(CCOC2(C)C)CC1. The summed E-state index contributed by atoms with van der Waals surface area (Å²) >= 11 is 0. The molecule has 1 amide bonds. The Hall–Kier alpha value is -1.64. The number of amides is 1. The summed E-state index contributed by atoms with van der Waals surface area (Å²) in [4.78, 5) is 16.3. The van der Waals surface area contributed by atoms with Crippen LogP contribution in [0.25, 0.3) is 0 Å². The van der Waals surface area contributed by atoms with Crippen LogP contribution in [0.15, 0.2) is 6.20 Å². The Balaban J connectivity index is 1.43. The maximum Gasteiger partial charge on any atom is 0.410 e. The van der Waals surface area contributed by atoms with Crippen molar-refractivity contribution in [1.82, 2.24) is 19.6 Å². The zero-order chi connectivity index (χ0) is 26.8. The summed E-state index contributed by atoms with van der Waals surface area (Å²) in [6, 6.07) is 0. The molecule has 0 bridgehead atoms. The van der Waals surface area contributed by atoms with Crippen molar-refractivity contribution in [3.8, 4) is 0 Å². The number of likely N-dealkylation sites (N-methyl/N-ethyl adjacent to an activating group) is 2. The summed E-state index contributed by atoms with van der Waals surface area (Å²) in [6.07, 6.45) is 11.2. The fourth-order valence-corrected chi connectivity index (χ4v) is 6.36. The first-order valence-electron chi connectivity index (χ1n) is 14.4. The Kier molecular flexibility index (Phi) is 8.61. The van der Waals surface area contributed by atoms with Crippen LogP contribution in [0.3, 0.4) is 0 Å². The van der Waals surface area contributed by atoms with Gasteiger partial charge in [-0.25, -0.2) is 9.48 Å². The molecule has 2 saturated heterocycles. The molecule has 37 heavy (non-hydrogen) atoms. The van der Waals surface area contributed by atoms with E-state index in [-0.39, 0.29) is 17.9 Å². The van der Waals surface area contributed by atoms with Gasteiger partial charge in [0.2, 0.25) is 0 Å². The molecular formula is C29H50N4O4. The summed E-state index contributed by atoms with van der Waals surface area (Å²) in [5, 5.41) is 5.17. The molecule has 8 heteroatoms. The Morgan fingerprint density at radius 2 is 1.84 bits per heavy atom. The minimum atomic E-state index is -0.486. The average molecular weight is 519 g/mol. The highest BCUT2D eigenvalue weighted by Crippen LogP contribution is 2.55. The molecule has 1 saturated carbocycles. The van der Waals surface area contributed by atoms with Crippen molar-refractivity contribution in [3.63, 3.8) is 0 Å². The minimum Gasteiger partial charge on any atom is -0.444 e. The van der Waals surface area contributed by atoms with Gasteiger partial charge < -0.3 is 24.0 Å². The molecule has 0 radical (unpaired) electrons. The first-order valence-corrected chi connectivity index (χ1v) is 14.4. The molecule has 210 valence electrons. The van der Waals surface area contributed by atoms with E-state index < -0.39 is 5.60 Å². The van der Waals surface area contributed by atoms with Gasteiger partial charge in [-0.3, -0.25) is 0 Å². The quantitative estimate of drug-likeness (QED) is 0.460. The molecule has 1 atom stereocenters. The molecule has 8 nitrogen and oxygen atoms in total. The van der Waals surface area contributed by atoms with Gasteiger partial charge in [0.15, 0.2) is 0 Å². The first-order chi connectivity index (χ1) is 17.4. The molecule has 3 fully saturated rings. The summed E-state index contributed by atoms with van der Waals surface area (Å²) < 4.78 is 19.8. The van der Waals surface area contributed by atoms with Crippen LogP contribution in [-0.2, 0) is 20.8 Å². The highest BCUT2D eigenvalue weighted by Gasteiger charge is 2.51. The lowest BCUT2D eigenvalue weighted by atomic mass is 9.61. The lowest BCUT2D eigenvalue weighted by Gasteiger charge is -2.45. The standard InChI is InChI=1S/C29H50N4O4/c1-27(2,3)37-26(34)32(7)17-16-31(6)20-23-21-33(24-10-8-9-18-35-24)30-25(23)22-11-13-29(14-12-22)15-19-36-28(29,4)5/h21-22,24H,8-20H2,1-7H3/t22?,24-,29?/m1/s1. The molecule has 4 rings (SSSR count).